The lowest BCUT2D eigenvalue weighted by Crippen LogP contribution is -2.32. The summed E-state index contributed by atoms with van der Waals surface area (Å²) in [5.74, 6) is -0.505. The number of hydrogen-bond donors (Lipinski definition) is 1. The van der Waals surface area contributed by atoms with Gasteiger partial charge in [-0.3, -0.25) is 9.59 Å². The molecule has 0 saturated heterocycles. The van der Waals surface area contributed by atoms with Crippen LogP contribution in [0, 0.1) is 0 Å². The van der Waals surface area contributed by atoms with Crippen molar-refractivity contribution >= 4 is 28.9 Å². The summed E-state index contributed by atoms with van der Waals surface area (Å²) in [6.07, 6.45) is 0.679. The summed E-state index contributed by atoms with van der Waals surface area (Å²) in [5, 5.41) is 4.98. The normalized spacial score (nSPS) is 11.4. The second-order valence-corrected chi connectivity index (χ2v) is 6.84. The molecule has 3 aromatic rings. The monoisotopic (exact) mass is 421 g/mol. The van der Waals surface area contributed by atoms with Crippen LogP contribution in [0.25, 0.3) is 10.8 Å². The molecule has 160 valence electrons. The van der Waals surface area contributed by atoms with E-state index < -0.39 is 25.1 Å². The van der Waals surface area contributed by atoms with Crippen molar-refractivity contribution in [2.75, 3.05) is 20.3 Å². The Kier molecular flexibility index (Phi) is 7.22. The largest absolute Gasteiger partial charge is 0.493 e. The first-order valence-electron chi connectivity index (χ1n) is 9.70. The lowest BCUT2D eigenvalue weighted by Gasteiger charge is -2.17. The van der Waals surface area contributed by atoms with Crippen LogP contribution in [-0.4, -0.2) is 38.5 Å². The number of nitrogens with one attached hydrogen (secondary N) is 1. The van der Waals surface area contributed by atoms with Gasteiger partial charge in [-0.25, -0.2) is 4.79 Å². The third-order valence-electron chi connectivity index (χ3n) is 4.70. The van der Waals surface area contributed by atoms with E-state index >= 15 is 0 Å². The lowest BCUT2D eigenvalue weighted by molar-refractivity contribution is -0.150. The predicted molar refractivity (Wildman–Crippen MR) is 115 cm³/mol. The maximum Gasteiger partial charge on any atom is 0.344 e. The number of fused-ring (bicyclic) bond motifs is 1. The first-order chi connectivity index (χ1) is 15.0. The van der Waals surface area contributed by atoms with Crippen LogP contribution in [0.5, 0.6) is 11.5 Å². The fourth-order valence-electron chi connectivity index (χ4n) is 3.19. The minimum Gasteiger partial charge on any atom is -0.493 e. The van der Waals surface area contributed by atoms with Crippen molar-refractivity contribution in [3.8, 4) is 11.5 Å². The van der Waals surface area contributed by atoms with Gasteiger partial charge in [0.05, 0.1) is 13.2 Å². The third kappa shape index (κ3) is 5.60. The highest BCUT2D eigenvalue weighted by Gasteiger charge is 2.15. The molecule has 31 heavy (non-hydrogen) atoms. The maximum atomic E-state index is 12.2. The van der Waals surface area contributed by atoms with E-state index in [1.54, 1.807) is 0 Å². The zero-order valence-electron chi connectivity index (χ0n) is 17.3. The van der Waals surface area contributed by atoms with Gasteiger partial charge in [-0.05, 0) is 41.5 Å². The summed E-state index contributed by atoms with van der Waals surface area (Å²) >= 11 is 0. The number of carbonyl (C=O) groups is 3. The fourth-order valence-corrected chi connectivity index (χ4v) is 3.19. The zero-order chi connectivity index (χ0) is 22.2. The number of rotatable bonds is 9. The Morgan fingerprint density at radius 2 is 1.77 bits per heavy atom. The topological polar surface area (TPSA) is 90.9 Å². The van der Waals surface area contributed by atoms with Gasteiger partial charge in [0.25, 0.3) is 5.91 Å². The second kappa shape index (κ2) is 10.2. The number of amides is 1. The van der Waals surface area contributed by atoms with Crippen LogP contribution < -0.4 is 14.8 Å². The summed E-state index contributed by atoms with van der Waals surface area (Å²) in [6, 6.07) is 18.1. The van der Waals surface area contributed by atoms with Crippen molar-refractivity contribution in [2.45, 2.75) is 13.0 Å². The Labute approximate surface area is 179 Å². The highest BCUT2D eigenvalue weighted by molar-refractivity contribution is 5.87. The Morgan fingerprint density at radius 3 is 2.55 bits per heavy atom. The number of ether oxygens (including phenoxy) is 3. The van der Waals surface area contributed by atoms with Crippen LogP contribution in [-0.2, 0) is 14.3 Å². The number of methoxy groups -OCH3 is 1. The molecule has 3 rings (SSSR count). The number of hydrogen-bond acceptors (Lipinski definition) is 6. The SMILES string of the molecule is COc1cc(C=O)ccc1OCC(=O)OCC(=O)N[C@@H](C)c1cccc2ccccc12. The highest BCUT2D eigenvalue weighted by Crippen LogP contribution is 2.27. The van der Waals surface area contributed by atoms with Gasteiger partial charge >= 0.3 is 5.97 Å². The van der Waals surface area contributed by atoms with E-state index in [1.807, 2.05) is 49.4 Å². The van der Waals surface area contributed by atoms with Gasteiger partial charge in [-0.2, -0.15) is 0 Å². The summed E-state index contributed by atoms with van der Waals surface area (Å²) in [7, 11) is 1.43. The minimum atomic E-state index is -0.700. The number of carbonyl (C=O) groups excluding carboxylic acids is 3. The Hall–Kier alpha value is -3.87. The van der Waals surface area contributed by atoms with Gasteiger partial charge in [-0.15, -0.1) is 0 Å². The van der Waals surface area contributed by atoms with Crippen molar-refractivity contribution in [2.24, 2.45) is 0 Å². The molecule has 3 aromatic carbocycles. The average Bonchev–Trinajstić information content (AvgIpc) is 2.80. The van der Waals surface area contributed by atoms with E-state index in [-0.39, 0.29) is 6.04 Å². The maximum absolute atomic E-state index is 12.2. The summed E-state index contributed by atoms with van der Waals surface area (Å²) in [4.78, 5) is 35.0. The van der Waals surface area contributed by atoms with E-state index in [0.717, 1.165) is 16.3 Å². The van der Waals surface area contributed by atoms with Crippen LogP contribution in [0.3, 0.4) is 0 Å². The molecule has 1 N–H and O–H groups in total. The Balaban J connectivity index is 1.50. The van der Waals surface area contributed by atoms with E-state index in [1.165, 1.54) is 25.3 Å². The molecule has 0 aliphatic heterocycles. The molecule has 0 bridgehead atoms. The highest BCUT2D eigenvalue weighted by atomic mass is 16.6. The molecule has 7 heteroatoms. The number of benzene rings is 3. The quantitative estimate of drug-likeness (QED) is 0.420. The molecule has 1 amide bonds. The van der Waals surface area contributed by atoms with Gasteiger partial charge in [0.15, 0.2) is 24.7 Å². The molecule has 0 radical (unpaired) electrons. The van der Waals surface area contributed by atoms with Crippen molar-refractivity contribution in [3.05, 3.63) is 71.8 Å². The average molecular weight is 421 g/mol. The zero-order valence-corrected chi connectivity index (χ0v) is 17.3. The molecule has 0 aromatic heterocycles. The molecule has 0 heterocycles. The molecular weight excluding hydrogens is 398 g/mol. The summed E-state index contributed by atoms with van der Waals surface area (Å²) < 4.78 is 15.5. The molecule has 7 nitrogen and oxygen atoms in total. The van der Waals surface area contributed by atoms with Gasteiger partial charge in [-0.1, -0.05) is 42.5 Å². The van der Waals surface area contributed by atoms with Crippen molar-refractivity contribution in [1.29, 1.82) is 0 Å². The van der Waals surface area contributed by atoms with Gasteiger partial charge in [0, 0.05) is 5.56 Å². The molecule has 0 aliphatic rings. The number of aldehydes is 1. The Bertz CT molecular complexity index is 1090. The molecule has 0 spiro atoms. The van der Waals surface area contributed by atoms with E-state index in [0.29, 0.717) is 23.3 Å². The first kappa shape index (κ1) is 21.8. The van der Waals surface area contributed by atoms with Crippen LogP contribution >= 0.6 is 0 Å². The van der Waals surface area contributed by atoms with Crippen LogP contribution in [0.4, 0.5) is 0 Å². The second-order valence-electron chi connectivity index (χ2n) is 6.84. The van der Waals surface area contributed by atoms with Crippen molar-refractivity contribution in [1.82, 2.24) is 5.32 Å². The molecular formula is C24H23NO6. The first-order valence-corrected chi connectivity index (χ1v) is 9.70. The number of esters is 1. The molecule has 0 aliphatic carbocycles. The smallest absolute Gasteiger partial charge is 0.344 e. The fraction of sp³-hybridized carbons (Fsp3) is 0.208. The molecule has 0 saturated carbocycles. The van der Waals surface area contributed by atoms with E-state index in [4.69, 9.17) is 14.2 Å². The predicted octanol–water partition coefficient (Wildman–Crippen LogP) is 3.46. The molecule has 1 atom stereocenters. The van der Waals surface area contributed by atoms with E-state index in [2.05, 4.69) is 5.32 Å². The molecule has 0 unspecified atom stereocenters. The van der Waals surface area contributed by atoms with Crippen LogP contribution in [0.15, 0.2) is 60.7 Å². The lowest BCUT2D eigenvalue weighted by atomic mass is 10.00. The van der Waals surface area contributed by atoms with Crippen molar-refractivity contribution < 1.29 is 28.6 Å². The van der Waals surface area contributed by atoms with Gasteiger partial charge in [0.1, 0.15) is 6.29 Å². The van der Waals surface area contributed by atoms with Crippen molar-refractivity contribution in [3.63, 3.8) is 0 Å². The summed E-state index contributed by atoms with van der Waals surface area (Å²) in [5.41, 5.74) is 1.40. The van der Waals surface area contributed by atoms with Gasteiger partial charge in [0.2, 0.25) is 0 Å². The standard InChI is InChI=1S/C24H23NO6/c1-16(19-9-5-7-18-6-3-4-8-20(18)19)25-23(27)14-31-24(28)15-30-21-11-10-17(13-26)12-22(21)29-2/h3-13,16H,14-15H2,1-2H3,(H,25,27)/t16-/m0/s1. The molecule has 0 fully saturated rings. The minimum absolute atomic E-state index is 0.255. The third-order valence-corrected chi connectivity index (χ3v) is 4.70. The van der Waals surface area contributed by atoms with Crippen LogP contribution in [0.1, 0.15) is 28.9 Å². The van der Waals surface area contributed by atoms with Gasteiger partial charge < -0.3 is 19.5 Å². The summed E-state index contributed by atoms with van der Waals surface area (Å²) in [6.45, 7) is 1.06. The van der Waals surface area contributed by atoms with E-state index in [9.17, 15) is 14.4 Å². The van der Waals surface area contributed by atoms with Crippen LogP contribution in [0.2, 0.25) is 0 Å². The Morgan fingerprint density at radius 1 is 1.00 bits per heavy atom.